The van der Waals surface area contributed by atoms with Gasteiger partial charge in [0.25, 0.3) is 0 Å². The quantitative estimate of drug-likeness (QED) is 0.567. The second-order valence-corrected chi connectivity index (χ2v) is 3.94. The summed E-state index contributed by atoms with van der Waals surface area (Å²) in [5.74, 6) is 0.142. The van der Waals surface area contributed by atoms with Crippen molar-refractivity contribution in [3.63, 3.8) is 0 Å². The van der Waals surface area contributed by atoms with E-state index < -0.39 is 0 Å². The third-order valence-electron chi connectivity index (χ3n) is 2.52. The summed E-state index contributed by atoms with van der Waals surface area (Å²) < 4.78 is 5.44. The molecule has 0 aromatic heterocycles. The van der Waals surface area contributed by atoms with Gasteiger partial charge in [0.05, 0.1) is 12.6 Å². The Bertz CT molecular complexity index is 160. The minimum absolute atomic E-state index is 0.138. The summed E-state index contributed by atoms with van der Waals surface area (Å²) in [6, 6.07) is -0.138. The lowest BCUT2D eigenvalue weighted by Gasteiger charge is -2.12. The zero-order chi connectivity index (χ0) is 11.5. The van der Waals surface area contributed by atoms with E-state index in [9.17, 15) is 4.79 Å². The molecule has 3 nitrogen and oxygen atoms in total. The number of nitrogens with one attached hydrogen (secondary N) is 1. The van der Waals surface area contributed by atoms with Crippen molar-refractivity contribution < 1.29 is 9.53 Å². The Morgan fingerprint density at radius 3 is 2.47 bits per heavy atom. The predicted molar refractivity (Wildman–Crippen MR) is 63.1 cm³/mol. The molecule has 0 aromatic rings. The molecule has 0 saturated heterocycles. The summed E-state index contributed by atoms with van der Waals surface area (Å²) in [5.41, 5.74) is 0. The number of unbranched alkanes of at least 4 members (excludes halogenated alkanes) is 4. The zero-order valence-corrected chi connectivity index (χ0v) is 10.3. The number of carbonyl (C=O) groups excluding carboxylic acids is 1. The van der Waals surface area contributed by atoms with E-state index in [0.29, 0.717) is 6.61 Å². The predicted octanol–water partition coefficient (Wildman–Crippen LogP) is 2.15. The highest BCUT2D eigenvalue weighted by atomic mass is 16.5. The van der Waals surface area contributed by atoms with Gasteiger partial charge >= 0.3 is 0 Å². The van der Waals surface area contributed by atoms with Crippen molar-refractivity contribution in [3.8, 4) is 0 Å². The summed E-state index contributed by atoms with van der Waals surface area (Å²) in [7, 11) is 1.79. The summed E-state index contributed by atoms with van der Waals surface area (Å²) in [4.78, 5) is 11.0. The fourth-order valence-corrected chi connectivity index (χ4v) is 1.41. The van der Waals surface area contributed by atoms with Crippen LogP contribution in [-0.4, -0.2) is 32.1 Å². The van der Waals surface area contributed by atoms with E-state index in [0.717, 1.165) is 13.0 Å². The van der Waals surface area contributed by atoms with E-state index in [1.54, 1.807) is 14.0 Å². The molecule has 1 atom stereocenters. The Morgan fingerprint density at radius 1 is 1.27 bits per heavy atom. The van der Waals surface area contributed by atoms with E-state index in [1.165, 1.54) is 25.7 Å². The number of rotatable bonds is 10. The number of ether oxygens (including phenoxy) is 1. The van der Waals surface area contributed by atoms with Crippen molar-refractivity contribution in [1.29, 1.82) is 0 Å². The molecule has 0 aliphatic carbocycles. The van der Waals surface area contributed by atoms with Gasteiger partial charge in [-0.3, -0.25) is 4.79 Å². The van der Waals surface area contributed by atoms with Crippen LogP contribution in [0.3, 0.4) is 0 Å². The van der Waals surface area contributed by atoms with Crippen LogP contribution in [-0.2, 0) is 9.53 Å². The van der Waals surface area contributed by atoms with Crippen molar-refractivity contribution in [3.05, 3.63) is 0 Å². The van der Waals surface area contributed by atoms with Crippen LogP contribution < -0.4 is 5.32 Å². The monoisotopic (exact) mass is 215 g/mol. The van der Waals surface area contributed by atoms with E-state index in [1.807, 2.05) is 0 Å². The molecular weight excluding hydrogens is 190 g/mol. The van der Waals surface area contributed by atoms with Gasteiger partial charge in [-0.25, -0.2) is 0 Å². The molecule has 0 heterocycles. The first kappa shape index (κ1) is 14.6. The molecule has 0 spiro atoms. The van der Waals surface area contributed by atoms with Gasteiger partial charge in [-0.15, -0.1) is 0 Å². The lowest BCUT2D eigenvalue weighted by atomic mass is 10.2. The maximum atomic E-state index is 11.0. The molecule has 0 fully saturated rings. The highest BCUT2D eigenvalue weighted by Crippen LogP contribution is 2.02. The first-order valence-corrected chi connectivity index (χ1v) is 5.97. The number of carbonyl (C=O) groups is 1. The lowest BCUT2D eigenvalue weighted by Crippen LogP contribution is -2.36. The standard InChI is InChI=1S/C12H25NO2/c1-4-5-6-7-8-9-15-10-12(13-3)11(2)14/h12-13H,4-10H2,1-3H3/t12-/m0/s1. The van der Waals surface area contributed by atoms with Gasteiger partial charge in [-0.1, -0.05) is 32.6 Å². The Labute approximate surface area is 93.6 Å². The highest BCUT2D eigenvalue weighted by Gasteiger charge is 2.10. The largest absolute Gasteiger partial charge is 0.379 e. The molecule has 90 valence electrons. The molecule has 0 radical (unpaired) electrons. The maximum absolute atomic E-state index is 11.0. The fraction of sp³-hybridized carbons (Fsp3) is 0.917. The summed E-state index contributed by atoms with van der Waals surface area (Å²) in [5, 5.41) is 2.94. The van der Waals surface area contributed by atoms with E-state index in [4.69, 9.17) is 4.74 Å². The number of Topliss-reactive ketones (excluding diaryl/α,β-unsaturated/α-hetero) is 1. The van der Waals surface area contributed by atoms with Crippen LogP contribution in [0.2, 0.25) is 0 Å². The third kappa shape index (κ3) is 8.58. The minimum Gasteiger partial charge on any atom is -0.379 e. The first-order valence-electron chi connectivity index (χ1n) is 5.97. The van der Waals surface area contributed by atoms with E-state index in [2.05, 4.69) is 12.2 Å². The molecule has 0 saturated carbocycles. The zero-order valence-electron chi connectivity index (χ0n) is 10.3. The average molecular weight is 215 g/mol. The van der Waals surface area contributed by atoms with Gasteiger partial charge < -0.3 is 10.1 Å². The van der Waals surface area contributed by atoms with Crippen molar-refractivity contribution in [1.82, 2.24) is 5.32 Å². The Hall–Kier alpha value is -0.410. The van der Waals surface area contributed by atoms with Crippen molar-refractivity contribution in [2.45, 2.75) is 52.0 Å². The molecule has 3 heteroatoms. The summed E-state index contributed by atoms with van der Waals surface area (Å²) >= 11 is 0. The van der Waals surface area contributed by atoms with E-state index in [-0.39, 0.29) is 11.8 Å². The molecular formula is C12H25NO2. The molecule has 0 amide bonds. The van der Waals surface area contributed by atoms with Gasteiger partial charge in [-0.05, 0) is 20.4 Å². The van der Waals surface area contributed by atoms with Gasteiger partial charge in [0.1, 0.15) is 5.78 Å². The first-order chi connectivity index (χ1) is 7.22. The highest BCUT2D eigenvalue weighted by molar-refractivity contribution is 5.81. The van der Waals surface area contributed by atoms with Crippen molar-refractivity contribution >= 4 is 5.78 Å². The fourth-order valence-electron chi connectivity index (χ4n) is 1.41. The van der Waals surface area contributed by atoms with Crippen LogP contribution in [0.25, 0.3) is 0 Å². The molecule has 0 aliphatic rings. The van der Waals surface area contributed by atoms with Crippen LogP contribution in [0, 0.1) is 0 Å². The van der Waals surface area contributed by atoms with E-state index >= 15 is 0 Å². The van der Waals surface area contributed by atoms with Crippen molar-refractivity contribution in [2.75, 3.05) is 20.3 Å². The normalized spacial score (nSPS) is 12.7. The summed E-state index contributed by atoms with van der Waals surface area (Å²) in [6.45, 7) is 5.07. The molecule has 0 unspecified atom stereocenters. The lowest BCUT2D eigenvalue weighted by molar-refractivity contribution is -0.120. The van der Waals surface area contributed by atoms with Gasteiger partial charge in [-0.2, -0.15) is 0 Å². The van der Waals surface area contributed by atoms with Gasteiger partial charge in [0, 0.05) is 6.61 Å². The average Bonchev–Trinajstić information content (AvgIpc) is 2.21. The second kappa shape index (κ2) is 10.1. The SMILES string of the molecule is CCCCCCCOC[C@H](NC)C(C)=O. The third-order valence-corrected chi connectivity index (χ3v) is 2.52. The van der Waals surface area contributed by atoms with Crippen LogP contribution in [0.5, 0.6) is 0 Å². The number of hydrogen-bond donors (Lipinski definition) is 1. The van der Waals surface area contributed by atoms with Crippen LogP contribution in [0.1, 0.15) is 46.0 Å². The van der Waals surface area contributed by atoms with Gasteiger partial charge in [0.2, 0.25) is 0 Å². The smallest absolute Gasteiger partial charge is 0.149 e. The Kier molecular flexibility index (Phi) is 9.84. The summed E-state index contributed by atoms with van der Waals surface area (Å²) in [6.07, 6.45) is 6.22. The van der Waals surface area contributed by atoms with Gasteiger partial charge in [0.15, 0.2) is 0 Å². The molecule has 1 N–H and O–H groups in total. The molecule has 0 rings (SSSR count). The minimum atomic E-state index is -0.138. The molecule has 0 aliphatic heterocycles. The maximum Gasteiger partial charge on any atom is 0.149 e. The molecule has 15 heavy (non-hydrogen) atoms. The topological polar surface area (TPSA) is 38.3 Å². The van der Waals surface area contributed by atoms with Crippen molar-refractivity contribution in [2.24, 2.45) is 0 Å². The van der Waals surface area contributed by atoms with Crippen LogP contribution >= 0.6 is 0 Å². The number of ketones is 1. The number of likely N-dealkylation sites (N-methyl/N-ethyl adjacent to an activating group) is 1. The Balaban J connectivity index is 3.25. The Morgan fingerprint density at radius 2 is 1.93 bits per heavy atom. The second-order valence-electron chi connectivity index (χ2n) is 3.94. The molecule has 0 bridgehead atoms. The molecule has 0 aromatic carbocycles. The van der Waals surface area contributed by atoms with Crippen LogP contribution in [0.15, 0.2) is 0 Å². The number of hydrogen-bond acceptors (Lipinski definition) is 3. The van der Waals surface area contributed by atoms with Crippen LogP contribution in [0.4, 0.5) is 0 Å².